The molecule has 1 unspecified atom stereocenters. The highest BCUT2D eigenvalue weighted by Crippen LogP contribution is 2.37. The number of esters is 1. The molecule has 166 valence electrons. The second kappa shape index (κ2) is 10.4. The predicted octanol–water partition coefficient (Wildman–Crippen LogP) is 6.18. The number of benzene rings is 3. The van der Waals surface area contributed by atoms with Crippen molar-refractivity contribution < 1.29 is 19.0 Å². The van der Waals surface area contributed by atoms with Crippen LogP contribution >= 0.6 is 0 Å². The van der Waals surface area contributed by atoms with Gasteiger partial charge in [0.15, 0.2) is 11.5 Å². The molecule has 32 heavy (non-hydrogen) atoms. The monoisotopic (exact) mass is 430 g/mol. The van der Waals surface area contributed by atoms with E-state index in [0.717, 1.165) is 41.9 Å². The van der Waals surface area contributed by atoms with Gasteiger partial charge in [-0.2, -0.15) is 0 Å². The van der Waals surface area contributed by atoms with Crippen LogP contribution in [0.15, 0.2) is 72.8 Å². The van der Waals surface area contributed by atoms with E-state index in [4.69, 9.17) is 14.2 Å². The minimum Gasteiger partial charge on any atom is -0.493 e. The first-order chi connectivity index (χ1) is 15.7. The van der Waals surface area contributed by atoms with E-state index >= 15 is 0 Å². The molecule has 1 aliphatic rings. The highest BCUT2D eigenvalue weighted by atomic mass is 16.5. The van der Waals surface area contributed by atoms with Gasteiger partial charge in [-0.05, 0) is 73.1 Å². The van der Waals surface area contributed by atoms with E-state index in [9.17, 15) is 4.79 Å². The predicted molar refractivity (Wildman–Crippen MR) is 126 cm³/mol. The molecular formula is C28H30O4. The molecule has 1 saturated carbocycles. The Morgan fingerprint density at radius 3 is 2.38 bits per heavy atom. The number of methoxy groups -OCH3 is 2. The normalized spacial score (nSPS) is 14.7. The van der Waals surface area contributed by atoms with E-state index < -0.39 is 0 Å². The maximum atomic E-state index is 12.0. The summed E-state index contributed by atoms with van der Waals surface area (Å²) in [4.78, 5) is 12.0. The van der Waals surface area contributed by atoms with Gasteiger partial charge in [0.2, 0.25) is 0 Å². The molecule has 0 saturated heterocycles. The minimum absolute atomic E-state index is 0.112. The van der Waals surface area contributed by atoms with E-state index in [-0.39, 0.29) is 18.0 Å². The summed E-state index contributed by atoms with van der Waals surface area (Å²) < 4.78 is 16.8. The van der Waals surface area contributed by atoms with Gasteiger partial charge in [-0.25, -0.2) is 4.79 Å². The summed E-state index contributed by atoms with van der Waals surface area (Å²) in [5.41, 5.74) is 4.02. The van der Waals surface area contributed by atoms with Crippen molar-refractivity contribution in [2.24, 2.45) is 0 Å². The molecular weight excluding hydrogens is 400 g/mol. The Kier molecular flexibility index (Phi) is 7.10. The summed E-state index contributed by atoms with van der Waals surface area (Å²) >= 11 is 0. The number of hydrogen-bond donors (Lipinski definition) is 0. The second-order valence-corrected chi connectivity index (χ2v) is 8.29. The van der Waals surface area contributed by atoms with Gasteiger partial charge in [-0.3, -0.25) is 0 Å². The molecule has 1 fully saturated rings. The number of hydrogen-bond acceptors (Lipinski definition) is 4. The number of carbonyl (C=O) groups excluding carboxylic acids is 1. The van der Waals surface area contributed by atoms with Gasteiger partial charge < -0.3 is 14.2 Å². The van der Waals surface area contributed by atoms with Crippen LogP contribution in [0.1, 0.15) is 58.6 Å². The van der Waals surface area contributed by atoms with Gasteiger partial charge in [0.25, 0.3) is 0 Å². The minimum atomic E-state index is -0.320. The second-order valence-electron chi connectivity index (χ2n) is 8.29. The van der Waals surface area contributed by atoms with Crippen molar-refractivity contribution in [3.63, 3.8) is 0 Å². The fourth-order valence-electron chi connectivity index (χ4n) is 4.48. The molecule has 0 heterocycles. The zero-order chi connectivity index (χ0) is 22.3. The Morgan fingerprint density at radius 1 is 0.875 bits per heavy atom. The molecule has 4 heteroatoms. The zero-order valence-electron chi connectivity index (χ0n) is 18.8. The van der Waals surface area contributed by atoms with Crippen molar-refractivity contribution in [1.29, 1.82) is 0 Å². The van der Waals surface area contributed by atoms with Gasteiger partial charge in [0.05, 0.1) is 25.9 Å². The Morgan fingerprint density at radius 2 is 1.66 bits per heavy atom. The smallest absolute Gasteiger partial charge is 0.337 e. The van der Waals surface area contributed by atoms with E-state index in [0.29, 0.717) is 5.56 Å². The van der Waals surface area contributed by atoms with Gasteiger partial charge in [-0.15, -0.1) is 0 Å². The van der Waals surface area contributed by atoms with Crippen LogP contribution in [0.4, 0.5) is 0 Å². The van der Waals surface area contributed by atoms with Crippen LogP contribution in [-0.4, -0.2) is 26.3 Å². The number of carbonyl (C=O) groups is 1. The van der Waals surface area contributed by atoms with Crippen molar-refractivity contribution in [1.82, 2.24) is 0 Å². The lowest BCUT2D eigenvalue weighted by Gasteiger charge is -2.22. The van der Waals surface area contributed by atoms with Crippen LogP contribution < -0.4 is 9.47 Å². The van der Waals surface area contributed by atoms with Gasteiger partial charge >= 0.3 is 5.97 Å². The molecule has 4 rings (SSSR count). The summed E-state index contributed by atoms with van der Waals surface area (Å²) in [6, 6.07) is 24.4. The van der Waals surface area contributed by atoms with Crippen LogP contribution in [0.3, 0.4) is 0 Å². The average Bonchev–Trinajstić information content (AvgIpc) is 3.36. The summed E-state index contributed by atoms with van der Waals surface area (Å²) in [7, 11) is 3.09. The van der Waals surface area contributed by atoms with Crippen LogP contribution in [0.5, 0.6) is 11.5 Å². The van der Waals surface area contributed by atoms with Crippen molar-refractivity contribution in [2.75, 3.05) is 14.2 Å². The Balaban J connectivity index is 1.69. The zero-order valence-corrected chi connectivity index (χ0v) is 18.8. The molecule has 0 radical (unpaired) electrons. The van der Waals surface area contributed by atoms with E-state index in [1.54, 1.807) is 13.2 Å². The molecule has 3 aromatic carbocycles. The van der Waals surface area contributed by atoms with Gasteiger partial charge in [0, 0.05) is 5.92 Å². The van der Waals surface area contributed by atoms with Crippen LogP contribution in [-0.2, 0) is 11.2 Å². The first-order valence-electron chi connectivity index (χ1n) is 11.2. The lowest BCUT2D eigenvalue weighted by molar-refractivity contribution is 0.0600. The van der Waals surface area contributed by atoms with E-state index in [2.05, 4.69) is 42.5 Å². The van der Waals surface area contributed by atoms with Crippen LogP contribution in [0, 0.1) is 0 Å². The summed E-state index contributed by atoms with van der Waals surface area (Å²) in [5.74, 6) is 1.36. The first kappa shape index (κ1) is 21.9. The van der Waals surface area contributed by atoms with Crippen molar-refractivity contribution >= 4 is 5.97 Å². The summed E-state index contributed by atoms with van der Waals surface area (Å²) in [6.45, 7) is 0. The molecule has 1 aliphatic carbocycles. The molecule has 0 aromatic heterocycles. The van der Waals surface area contributed by atoms with Crippen LogP contribution in [0.2, 0.25) is 0 Å². The molecule has 0 amide bonds. The maximum absolute atomic E-state index is 12.0. The number of rotatable bonds is 8. The topological polar surface area (TPSA) is 44.8 Å². The quantitative estimate of drug-likeness (QED) is 0.401. The third-order valence-corrected chi connectivity index (χ3v) is 6.18. The standard InChI is InChI=1S/C28H30O4/c1-30-26-16-15-22(19-27(26)32-24-13-6-7-14-24)25(21-10-4-3-5-11-21)18-20-9-8-12-23(17-20)28(29)31-2/h3-5,8-12,15-17,19,24-25H,6-7,13-14,18H2,1-2H3. The Hall–Kier alpha value is -3.27. The van der Waals surface area contributed by atoms with Crippen molar-refractivity contribution in [2.45, 2.75) is 44.1 Å². The Labute approximate surface area is 190 Å². The highest BCUT2D eigenvalue weighted by Gasteiger charge is 2.21. The molecule has 0 aliphatic heterocycles. The van der Waals surface area contributed by atoms with Crippen LogP contribution in [0.25, 0.3) is 0 Å². The number of ether oxygens (including phenoxy) is 3. The lowest BCUT2D eigenvalue weighted by Crippen LogP contribution is -2.12. The average molecular weight is 431 g/mol. The van der Waals surface area contributed by atoms with E-state index in [1.165, 1.54) is 25.5 Å². The van der Waals surface area contributed by atoms with Gasteiger partial charge in [-0.1, -0.05) is 48.5 Å². The van der Waals surface area contributed by atoms with E-state index in [1.807, 2.05) is 24.3 Å². The third-order valence-electron chi connectivity index (χ3n) is 6.18. The largest absolute Gasteiger partial charge is 0.493 e. The molecule has 0 bridgehead atoms. The molecule has 0 N–H and O–H groups in total. The summed E-state index contributed by atoms with van der Waals surface area (Å²) in [5, 5.41) is 0. The molecule has 3 aromatic rings. The Bertz CT molecular complexity index is 1040. The van der Waals surface area contributed by atoms with Crippen molar-refractivity contribution in [3.8, 4) is 11.5 Å². The lowest BCUT2D eigenvalue weighted by atomic mass is 9.85. The first-order valence-corrected chi connectivity index (χ1v) is 11.2. The fraction of sp³-hybridized carbons (Fsp3) is 0.321. The molecule has 1 atom stereocenters. The highest BCUT2D eigenvalue weighted by molar-refractivity contribution is 5.89. The van der Waals surface area contributed by atoms with Gasteiger partial charge in [0.1, 0.15) is 0 Å². The molecule has 4 nitrogen and oxygen atoms in total. The SMILES string of the molecule is COC(=O)c1cccc(CC(c2ccccc2)c2ccc(OC)c(OC3CCCC3)c2)c1. The fourth-order valence-corrected chi connectivity index (χ4v) is 4.48. The summed E-state index contributed by atoms with van der Waals surface area (Å²) in [6.07, 6.45) is 5.63. The van der Waals surface area contributed by atoms with Crippen molar-refractivity contribution in [3.05, 3.63) is 95.1 Å². The molecule has 0 spiro atoms. The maximum Gasteiger partial charge on any atom is 0.337 e. The third kappa shape index (κ3) is 5.13.